The molecule has 0 aromatic carbocycles. The number of nitrogens with one attached hydrogen (secondary N) is 2. The van der Waals surface area contributed by atoms with Gasteiger partial charge in [-0.2, -0.15) is 0 Å². The molecule has 102 valence electrons. The molecule has 0 rings (SSSR count). The van der Waals surface area contributed by atoms with Gasteiger partial charge in [0.25, 0.3) is 0 Å². The average Bonchev–Trinajstić information content (AvgIpc) is 2.24. The van der Waals surface area contributed by atoms with E-state index in [2.05, 4.69) is 27.0 Å². The van der Waals surface area contributed by atoms with Gasteiger partial charge in [0.05, 0.1) is 6.61 Å². The number of rotatable bonds is 9. The Morgan fingerprint density at radius 1 is 1.41 bits per heavy atom. The number of hydrogen-bond acceptors (Lipinski definition) is 4. The van der Waals surface area contributed by atoms with Crippen LogP contribution in [0.5, 0.6) is 0 Å². The molecule has 0 aliphatic heterocycles. The molecule has 0 heterocycles. The summed E-state index contributed by atoms with van der Waals surface area (Å²) in [5, 5.41) is 5.77. The van der Waals surface area contributed by atoms with Crippen molar-refractivity contribution >= 4 is 24.4 Å². The van der Waals surface area contributed by atoms with Crippen molar-refractivity contribution in [2.24, 2.45) is 5.92 Å². The number of carbonyl (C=O) groups is 1. The first-order valence-corrected chi connectivity index (χ1v) is 8.18. The number of carbonyl (C=O) groups excluding carboxylic acids is 1. The molecule has 1 atom stereocenters. The largest absolute Gasteiger partial charge is 0.355 e. The second kappa shape index (κ2) is 8.97. The van der Waals surface area contributed by atoms with Crippen molar-refractivity contribution in [3.63, 3.8) is 0 Å². The van der Waals surface area contributed by atoms with Crippen molar-refractivity contribution in [2.45, 2.75) is 20.3 Å². The van der Waals surface area contributed by atoms with E-state index >= 15 is 0 Å². The van der Waals surface area contributed by atoms with Gasteiger partial charge in [0.1, 0.15) is 0 Å². The molecule has 1 amide bonds. The lowest BCUT2D eigenvalue weighted by molar-refractivity contribution is -0.124. The average molecular weight is 284 g/mol. The van der Waals surface area contributed by atoms with E-state index in [0.29, 0.717) is 19.6 Å². The SMILES string of the molecule is CC[C@H](C)C(=O)NCCNCCOP(O)(O)=S. The minimum absolute atomic E-state index is 0.0349. The highest BCUT2D eigenvalue weighted by molar-refractivity contribution is 8.06. The van der Waals surface area contributed by atoms with Crippen molar-refractivity contribution in [2.75, 3.05) is 26.2 Å². The first kappa shape index (κ1) is 17.0. The van der Waals surface area contributed by atoms with Gasteiger partial charge in [-0.25, -0.2) is 0 Å². The fraction of sp³-hybridized carbons (Fsp3) is 0.889. The van der Waals surface area contributed by atoms with E-state index in [4.69, 9.17) is 9.79 Å². The predicted molar refractivity (Wildman–Crippen MR) is 70.0 cm³/mol. The Bertz CT molecular complexity index is 272. The van der Waals surface area contributed by atoms with E-state index in [1.807, 2.05) is 13.8 Å². The van der Waals surface area contributed by atoms with E-state index in [-0.39, 0.29) is 18.4 Å². The second-order valence-corrected chi connectivity index (χ2v) is 6.34. The molecular formula is C9H21N2O4PS. The third kappa shape index (κ3) is 10.8. The minimum Gasteiger partial charge on any atom is -0.355 e. The quantitative estimate of drug-likeness (QED) is 0.351. The summed E-state index contributed by atoms with van der Waals surface area (Å²) >= 11 is 4.28. The summed E-state index contributed by atoms with van der Waals surface area (Å²) in [7, 11) is 0. The van der Waals surface area contributed by atoms with E-state index in [1.165, 1.54) is 0 Å². The third-order valence-electron chi connectivity index (χ3n) is 2.20. The molecule has 0 aromatic rings. The zero-order valence-electron chi connectivity index (χ0n) is 10.2. The molecule has 0 radical (unpaired) electrons. The lowest BCUT2D eigenvalue weighted by atomic mass is 10.1. The standard InChI is InChI=1S/C9H21N2O4PS/c1-3-8(2)9(12)11-5-4-10-6-7-15-16(13,14)17/h8,10H,3-7H2,1-2H3,(H,11,12)(H2,13,14,17)/t8-/m0/s1. The van der Waals surface area contributed by atoms with Gasteiger partial charge in [0.15, 0.2) is 0 Å². The summed E-state index contributed by atoms with van der Waals surface area (Å²) in [6, 6.07) is 0. The summed E-state index contributed by atoms with van der Waals surface area (Å²) in [4.78, 5) is 28.9. The molecule has 0 unspecified atom stereocenters. The van der Waals surface area contributed by atoms with Crippen molar-refractivity contribution in [3.05, 3.63) is 0 Å². The molecule has 4 N–H and O–H groups in total. The van der Waals surface area contributed by atoms with E-state index < -0.39 is 6.72 Å². The summed E-state index contributed by atoms with van der Waals surface area (Å²) in [5.74, 6) is 0.0829. The van der Waals surface area contributed by atoms with Crippen LogP contribution in [0.2, 0.25) is 0 Å². The van der Waals surface area contributed by atoms with Crippen molar-refractivity contribution in [1.82, 2.24) is 10.6 Å². The molecule has 0 aliphatic carbocycles. The molecule has 6 nitrogen and oxygen atoms in total. The van der Waals surface area contributed by atoms with Crippen LogP contribution in [0, 0.1) is 5.92 Å². The van der Waals surface area contributed by atoms with Gasteiger partial charge in [0, 0.05) is 25.6 Å². The Kier molecular flexibility index (Phi) is 8.94. The molecule has 0 bridgehead atoms. The van der Waals surface area contributed by atoms with Gasteiger partial charge in [-0.15, -0.1) is 0 Å². The van der Waals surface area contributed by atoms with E-state index in [0.717, 1.165) is 6.42 Å². The molecular weight excluding hydrogens is 263 g/mol. The third-order valence-corrected chi connectivity index (χ3v) is 3.03. The van der Waals surface area contributed by atoms with Crippen LogP contribution in [0.4, 0.5) is 0 Å². The zero-order valence-corrected chi connectivity index (χ0v) is 11.9. The highest BCUT2D eigenvalue weighted by atomic mass is 32.5. The number of hydrogen-bond donors (Lipinski definition) is 4. The van der Waals surface area contributed by atoms with Crippen LogP contribution in [-0.4, -0.2) is 41.9 Å². The topological polar surface area (TPSA) is 90.8 Å². The van der Waals surface area contributed by atoms with Crippen LogP contribution in [0.15, 0.2) is 0 Å². The van der Waals surface area contributed by atoms with Gasteiger partial charge in [-0.3, -0.25) is 4.79 Å². The Morgan fingerprint density at radius 3 is 2.59 bits per heavy atom. The molecule has 0 fully saturated rings. The molecule has 0 spiro atoms. The predicted octanol–water partition coefficient (Wildman–Crippen LogP) is -0.0360. The van der Waals surface area contributed by atoms with Crippen LogP contribution in [0.25, 0.3) is 0 Å². The van der Waals surface area contributed by atoms with Crippen molar-refractivity contribution < 1.29 is 19.1 Å². The van der Waals surface area contributed by atoms with Gasteiger partial charge in [-0.05, 0) is 18.2 Å². The summed E-state index contributed by atoms with van der Waals surface area (Å²) < 4.78 is 4.60. The molecule has 0 aromatic heterocycles. The Balaban J connectivity index is 3.36. The highest BCUT2D eigenvalue weighted by Crippen LogP contribution is 2.35. The molecule has 8 heteroatoms. The normalized spacial score (nSPS) is 13.4. The summed E-state index contributed by atoms with van der Waals surface area (Å²) in [6.07, 6.45) is 0.824. The maximum atomic E-state index is 11.4. The Morgan fingerprint density at radius 2 is 2.06 bits per heavy atom. The lowest BCUT2D eigenvalue weighted by Gasteiger charge is -2.11. The lowest BCUT2D eigenvalue weighted by Crippen LogP contribution is -2.35. The molecule has 0 saturated carbocycles. The Labute approximate surface area is 107 Å². The van der Waals surface area contributed by atoms with Gasteiger partial charge >= 0.3 is 6.72 Å². The highest BCUT2D eigenvalue weighted by Gasteiger charge is 2.09. The van der Waals surface area contributed by atoms with Gasteiger partial charge in [0.2, 0.25) is 5.91 Å². The van der Waals surface area contributed by atoms with Crippen LogP contribution >= 0.6 is 6.72 Å². The van der Waals surface area contributed by atoms with Crippen LogP contribution in [0.1, 0.15) is 20.3 Å². The first-order chi connectivity index (χ1) is 7.87. The minimum atomic E-state index is -3.53. The van der Waals surface area contributed by atoms with Gasteiger partial charge in [-0.1, -0.05) is 13.8 Å². The molecule has 0 aliphatic rings. The van der Waals surface area contributed by atoms with Crippen LogP contribution in [-0.2, 0) is 21.1 Å². The summed E-state index contributed by atoms with van der Waals surface area (Å²) in [6.45, 7) is 2.06. The van der Waals surface area contributed by atoms with E-state index in [1.54, 1.807) is 0 Å². The maximum Gasteiger partial charge on any atom is 0.321 e. The van der Waals surface area contributed by atoms with Crippen LogP contribution < -0.4 is 10.6 Å². The molecule has 0 saturated heterocycles. The van der Waals surface area contributed by atoms with Crippen molar-refractivity contribution in [1.29, 1.82) is 0 Å². The second-order valence-electron chi connectivity index (χ2n) is 3.67. The summed E-state index contributed by atoms with van der Waals surface area (Å²) in [5.41, 5.74) is 0. The zero-order chi connectivity index (χ0) is 13.3. The van der Waals surface area contributed by atoms with E-state index in [9.17, 15) is 4.79 Å². The number of amides is 1. The van der Waals surface area contributed by atoms with Crippen LogP contribution in [0.3, 0.4) is 0 Å². The fourth-order valence-corrected chi connectivity index (χ4v) is 1.55. The molecule has 17 heavy (non-hydrogen) atoms. The monoisotopic (exact) mass is 284 g/mol. The first-order valence-electron chi connectivity index (χ1n) is 5.55. The van der Waals surface area contributed by atoms with Crippen molar-refractivity contribution in [3.8, 4) is 0 Å². The Hall–Kier alpha value is -0.0400. The smallest absolute Gasteiger partial charge is 0.321 e. The van der Waals surface area contributed by atoms with Gasteiger partial charge < -0.3 is 24.9 Å². The fourth-order valence-electron chi connectivity index (χ4n) is 0.995. The maximum absolute atomic E-state index is 11.4.